The van der Waals surface area contributed by atoms with Gasteiger partial charge in [-0.25, -0.2) is 9.79 Å². The Bertz CT molecular complexity index is 1250. The predicted molar refractivity (Wildman–Crippen MR) is 106 cm³/mol. The first-order valence-electron chi connectivity index (χ1n) is 8.39. The van der Waals surface area contributed by atoms with Gasteiger partial charge in [0.1, 0.15) is 5.76 Å². The lowest BCUT2D eigenvalue weighted by Crippen LogP contribution is -2.39. The average Bonchev–Trinajstić information content (AvgIpc) is 3.29. The van der Waals surface area contributed by atoms with Gasteiger partial charge in [-0.15, -0.1) is 0 Å². The van der Waals surface area contributed by atoms with Gasteiger partial charge in [-0.3, -0.25) is 9.36 Å². The number of hydrogen-bond donors (Lipinski definition) is 0. The molecule has 1 aliphatic heterocycles. The monoisotopic (exact) mass is 414 g/mol. The molecule has 1 aliphatic rings. The first-order chi connectivity index (χ1) is 13.5. The maximum Gasteiger partial charge on any atom is 0.338 e. The number of rotatable bonds is 3. The summed E-state index contributed by atoms with van der Waals surface area (Å²) in [6.07, 6.45) is 3.21. The molecule has 28 heavy (non-hydrogen) atoms. The van der Waals surface area contributed by atoms with Crippen molar-refractivity contribution in [2.24, 2.45) is 4.99 Å². The number of allylic oxidation sites excluding steroid dienone is 1. The van der Waals surface area contributed by atoms with Crippen molar-refractivity contribution >= 4 is 35.0 Å². The molecule has 6 nitrogen and oxygen atoms in total. The predicted octanol–water partition coefficient (Wildman–Crippen LogP) is 2.65. The number of thiazole rings is 1. The maximum atomic E-state index is 13.2. The lowest BCUT2D eigenvalue weighted by molar-refractivity contribution is -0.136. The zero-order chi connectivity index (χ0) is 19.8. The van der Waals surface area contributed by atoms with Crippen LogP contribution in [0.25, 0.3) is 6.08 Å². The molecule has 3 aromatic rings. The molecule has 0 saturated heterocycles. The van der Waals surface area contributed by atoms with Crippen molar-refractivity contribution in [3.05, 3.63) is 90.0 Å². The highest BCUT2D eigenvalue weighted by atomic mass is 35.5. The fourth-order valence-electron chi connectivity index (χ4n) is 3.16. The van der Waals surface area contributed by atoms with Gasteiger partial charge in [-0.1, -0.05) is 35.1 Å². The van der Waals surface area contributed by atoms with Crippen molar-refractivity contribution in [3.63, 3.8) is 0 Å². The molecule has 0 fully saturated rings. The van der Waals surface area contributed by atoms with Crippen LogP contribution in [0.1, 0.15) is 24.3 Å². The third kappa shape index (κ3) is 3.12. The Morgan fingerprint density at radius 2 is 2.07 bits per heavy atom. The number of hydrogen-bond acceptors (Lipinski definition) is 6. The summed E-state index contributed by atoms with van der Waals surface area (Å²) in [7, 11) is 1.31. The van der Waals surface area contributed by atoms with E-state index in [1.165, 1.54) is 23.0 Å². The number of halogens is 1. The van der Waals surface area contributed by atoms with E-state index in [0.29, 0.717) is 31.4 Å². The molecular formula is C20H15ClN2O4S. The molecule has 0 N–H and O–H groups in total. The minimum Gasteiger partial charge on any atom is -0.466 e. The van der Waals surface area contributed by atoms with E-state index >= 15 is 0 Å². The van der Waals surface area contributed by atoms with Gasteiger partial charge in [0.25, 0.3) is 5.56 Å². The third-order valence-electron chi connectivity index (χ3n) is 4.43. The Labute approximate surface area is 168 Å². The quantitative estimate of drug-likeness (QED) is 0.617. The highest BCUT2D eigenvalue weighted by Gasteiger charge is 2.33. The molecule has 4 rings (SSSR count). The molecule has 0 spiro atoms. The van der Waals surface area contributed by atoms with Gasteiger partial charge < -0.3 is 9.15 Å². The van der Waals surface area contributed by atoms with E-state index < -0.39 is 12.0 Å². The number of carbonyl (C=O) groups excluding carboxylic acids is 1. The molecule has 1 atom stereocenters. The Hall–Kier alpha value is -2.90. The SMILES string of the molecule is COC(=O)C1=C(C)N=c2sc(=Cc3ccco3)c(=O)n2C1c1ccc(Cl)cc1. The van der Waals surface area contributed by atoms with Crippen molar-refractivity contribution in [3.8, 4) is 0 Å². The Balaban J connectivity index is 2.00. The molecule has 0 radical (unpaired) electrons. The smallest absolute Gasteiger partial charge is 0.338 e. The number of methoxy groups -OCH3 is 1. The van der Waals surface area contributed by atoms with Crippen LogP contribution in [0.15, 0.2) is 68.1 Å². The second-order valence-corrected chi connectivity index (χ2v) is 7.59. The molecular weight excluding hydrogens is 400 g/mol. The standard InChI is InChI=1S/C20H15ClN2O4S/c1-11-16(19(25)26-2)17(12-5-7-13(21)8-6-12)23-18(24)15(28-20(23)22-11)10-14-4-3-9-27-14/h3-10,17H,1-2H3. The topological polar surface area (TPSA) is 73.8 Å². The van der Waals surface area contributed by atoms with Crippen LogP contribution >= 0.6 is 22.9 Å². The van der Waals surface area contributed by atoms with Gasteiger partial charge in [-0.2, -0.15) is 0 Å². The molecule has 0 amide bonds. The first kappa shape index (κ1) is 18.5. The molecule has 0 aliphatic carbocycles. The van der Waals surface area contributed by atoms with Crippen molar-refractivity contribution in [1.29, 1.82) is 0 Å². The van der Waals surface area contributed by atoms with E-state index in [1.807, 2.05) is 0 Å². The second-order valence-electron chi connectivity index (χ2n) is 6.14. The zero-order valence-corrected chi connectivity index (χ0v) is 16.6. The fraction of sp³-hybridized carbons (Fsp3) is 0.150. The average molecular weight is 415 g/mol. The summed E-state index contributed by atoms with van der Waals surface area (Å²) in [6, 6.07) is 9.88. The van der Waals surface area contributed by atoms with Crippen molar-refractivity contribution < 1.29 is 13.9 Å². The number of benzene rings is 1. The lowest BCUT2D eigenvalue weighted by Gasteiger charge is -2.24. The number of esters is 1. The van der Waals surface area contributed by atoms with E-state index in [9.17, 15) is 9.59 Å². The van der Waals surface area contributed by atoms with E-state index in [2.05, 4.69) is 4.99 Å². The van der Waals surface area contributed by atoms with Crippen LogP contribution in [0.2, 0.25) is 5.02 Å². The summed E-state index contributed by atoms with van der Waals surface area (Å²) in [5.74, 6) is 0.0405. The molecule has 1 unspecified atom stereocenters. The fourth-order valence-corrected chi connectivity index (χ4v) is 4.31. The van der Waals surface area contributed by atoms with Crippen LogP contribution in [0.5, 0.6) is 0 Å². The van der Waals surface area contributed by atoms with Gasteiger partial charge in [0, 0.05) is 11.1 Å². The number of ether oxygens (including phenoxy) is 1. The van der Waals surface area contributed by atoms with E-state index in [0.717, 1.165) is 5.56 Å². The van der Waals surface area contributed by atoms with Gasteiger partial charge in [-0.05, 0) is 36.8 Å². The maximum absolute atomic E-state index is 13.2. The summed E-state index contributed by atoms with van der Waals surface area (Å²) >= 11 is 7.26. The number of nitrogens with zero attached hydrogens (tertiary/aromatic N) is 2. The van der Waals surface area contributed by atoms with E-state index in [4.69, 9.17) is 20.8 Å². The molecule has 0 saturated carbocycles. The van der Waals surface area contributed by atoms with Gasteiger partial charge in [0.05, 0.1) is 35.2 Å². The number of aromatic nitrogens is 1. The molecule has 2 aromatic heterocycles. The normalized spacial score (nSPS) is 16.7. The van der Waals surface area contributed by atoms with Crippen molar-refractivity contribution in [1.82, 2.24) is 4.57 Å². The number of fused-ring (bicyclic) bond motifs is 1. The second kappa shape index (κ2) is 7.26. The van der Waals surface area contributed by atoms with E-state index in [1.54, 1.807) is 55.7 Å². The van der Waals surface area contributed by atoms with Gasteiger partial charge in [0.15, 0.2) is 4.80 Å². The molecule has 142 valence electrons. The zero-order valence-electron chi connectivity index (χ0n) is 15.0. The molecule has 1 aromatic carbocycles. The van der Waals surface area contributed by atoms with Gasteiger partial charge in [0.2, 0.25) is 0 Å². The van der Waals surface area contributed by atoms with Crippen LogP contribution in [0, 0.1) is 0 Å². The van der Waals surface area contributed by atoms with Crippen LogP contribution in [-0.4, -0.2) is 17.6 Å². The highest BCUT2D eigenvalue weighted by Crippen LogP contribution is 2.31. The van der Waals surface area contributed by atoms with Crippen molar-refractivity contribution in [2.45, 2.75) is 13.0 Å². The number of furan rings is 1. The van der Waals surface area contributed by atoms with Crippen LogP contribution in [-0.2, 0) is 9.53 Å². The summed E-state index contributed by atoms with van der Waals surface area (Å²) in [6.45, 7) is 1.73. The molecule has 0 bridgehead atoms. The van der Waals surface area contributed by atoms with Gasteiger partial charge >= 0.3 is 5.97 Å². The van der Waals surface area contributed by atoms with Crippen LogP contribution < -0.4 is 14.9 Å². The summed E-state index contributed by atoms with van der Waals surface area (Å²) < 4.78 is 12.3. The first-order valence-corrected chi connectivity index (χ1v) is 9.59. The van der Waals surface area contributed by atoms with E-state index in [-0.39, 0.29) is 5.56 Å². The largest absolute Gasteiger partial charge is 0.466 e. The number of carbonyl (C=O) groups is 1. The Morgan fingerprint density at radius 1 is 1.32 bits per heavy atom. The summed E-state index contributed by atoms with van der Waals surface area (Å²) in [4.78, 5) is 30.7. The summed E-state index contributed by atoms with van der Waals surface area (Å²) in [5.41, 5.74) is 1.32. The lowest BCUT2D eigenvalue weighted by atomic mass is 9.96. The van der Waals surface area contributed by atoms with Crippen LogP contribution in [0.3, 0.4) is 0 Å². The Kier molecular flexibility index (Phi) is 4.78. The minimum absolute atomic E-state index is 0.256. The highest BCUT2D eigenvalue weighted by molar-refractivity contribution is 7.07. The summed E-state index contributed by atoms with van der Waals surface area (Å²) in [5, 5.41) is 0.564. The Morgan fingerprint density at radius 3 is 2.71 bits per heavy atom. The minimum atomic E-state index is -0.653. The molecule has 3 heterocycles. The third-order valence-corrected chi connectivity index (χ3v) is 5.66. The van der Waals surface area contributed by atoms with Crippen LogP contribution in [0.4, 0.5) is 0 Å². The molecule has 8 heteroatoms. The van der Waals surface area contributed by atoms with Crippen molar-refractivity contribution in [2.75, 3.05) is 7.11 Å².